The zero-order chi connectivity index (χ0) is 20.1. The molecule has 1 amide bonds. The average Bonchev–Trinajstić information content (AvgIpc) is 3.23. The molecule has 1 atom stereocenters. The van der Waals surface area contributed by atoms with E-state index >= 15 is 0 Å². The number of fused-ring (bicyclic) bond motifs is 1. The van der Waals surface area contributed by atoms with E-state index in [1.54, 1.807) is 24.3 Å². The van der Waals surface area contributed by atoms with Crippen molar-refractivity contribution in [2.45, 2.75) is 25.4 Å². The molecule has 0 saturated heterocycles. The number of para-hydroxylation sites is 2. The summed E-state index contributed by atoms with van der Waals surface area (Å²) in [6, 6.07) is 11.2. The number of hydrogen-bond acceptors (Lipinski definition) is 7. The van der Waals surface area contributed by atoms with Crippen molar-refractivity contribution in [3.63, 3.8) is 0 Å². The third-order valence-electron chi connectivity index (χ3n) is 4.64. The summed E-state index contributed by atoms with van der Waals surface area (Å²) in [6.45, 7) is 0.895. The molecule has 0 saturated carbocycles. The molecule has 1 aliphatic rings. The van der Waals surface area contributed by atoms with Gasteiger partial charge in [-0.2, -0.15) is 4.98 Å². The first-order valence-corrected chi connectivity index (χ1v) is 9.54. The molecular weight excluding hydrogens is 372 g/mol. The van der Waals surface area contributed by atoms with Crippen molar-refractivity contribution in [3.8, 4) is 22.9 Å². The van der Waals surface area contributed by atoms with E-state index in [2.05, 4.69) is 15.1 Å². The summed E-state index contributed by atoms with van der Waals surface area (Å²) < 4.78 is 16.9. The number of aromatic nitrogens is 3. The van der Waals surface area contributed by atoms with E-state index in [1.165, 1.54) is 0 Å². The lowest BCUT2D eigenvalue weighted by molar-refractivity contribution is -0.131. The number of benzene rings is 1. The topological polar surface area (TPSA) is 90.6 Å². The molecule has 0 bridgehead atoms. The van der Waals surface area contributed by atoms with Crippen LogP contribution in [0.2, 0.25) is 0 Å². The van der Waals surface area contributed by atoms with Crippen LogP contribution < -0.4 is 9.47 Å². The quantitative estimate of drug-likeness (QED) is 0.608. The maximum Gasteiger partial charge on any atom is 0.226 e. The minimum absolute atomic E-state index is 0.0412. The summed E-state index contributed by atoms with van der Waals surface area (Å²) in [7, 11) is 1.78. The number of carbonyl (C=O) groups is 1. The summed E-state index contributed by atoms with van der Waals surface area (Å²) >= 11 is 0. The third-order valence-corrected chi connectivity index (χ3v) is 4.64. The van der Waals surface area contributed by atoms with Crippen LogP contribution in [-0.4, -0.2) is 52.2 Å². The molecular formula is C21H22N4O4. The van der Waals surface area contributed by atoms with Gasteiger partial charge >= 0.3 is 0 Å². The van der Waals surface area contributed by atoms with Crippen molar-refractivity contribution in [2.75, 3.05) is 20.2 Å². The van der Waals surface area contributed by atoms with Gasteiger partial charge in [-0.05, 0) is 30.7 Å². The van der Waals surface area contributed by atoms with Crippen LogP contribution in [0.25, 0.3) is 11.4 Å². The molecule has 3 heterocycles. The van der Waals surface area contributed by atoms with E-state index in [-0.39, 0.29) is 12.0 Å². The minimum atomic E-state index is -0.183. The molecule has 0 radical (unpaired) electrons. The summed E-state index contributed by atoms with van der Waals surface area (Å²) in [5, 5.41) is 3.96. The first kappa shape index (κ1) is 18.9. The molecule has 29 heavy (non-hydrogen) atoms. The van der Waals surface area contributed by atoms with Gasteiger partial charge in [0.25, 0.3) is 0 Å². The highest BCUT2D eigenvalue weighted by Gasteiger charge is 2.23. The average molecular weight is 394 g/mol. The normalized spacial score (nSPS) is 15.1. The van der Waals surface area contributed by atoms with Crippen molar-refractivity contribution in [1.82, 2.24) is 20.0 Å². The van der Waals surface area contributed by atoms with Crippen molar-refractivity contribution < 1.29 is 18.8 Å². The van der Waals surface area contributed by atoms with E-state index in [9.17, 15) is 4.79 Å². The Labute approximate surface area is 168 Å². The lowest BCUT2D eigenvalue weighted by Gasteiger charge is -2.29. The fourth-order valence-corrected chi connectivity index (χ4v) is 3.11. The summed E-state index contributed by atoms with van der Waals surface area (Å²) in [6.07, 6.45) is 4.76. The van der Waals surface area contributed by atoms with Crippen LogP contribution in [0.4, 0.5) is 0 Å². The molecule has 3 aromatic rings. The zero-order valence-corrected chi connectivity index (χ0v) is 16.2. The molecule has 0 fully saturated rings. The number of carbonyl (C=O) groups excluding carboxylic acids is 1. The van der Waals surface area contributed by atoms with Gasteiger partial charge in [0.15, 0.2) is 17.6 Å². The van der Waals surface area contributed by atoms with Gasteiger partial charge in [-0.1, -0.05) is 17.3 Å². The predicted molar refractivity (Wildman–Crippen MR) is 104 cm³/mol. The van der Waals surface area contributed by atoms with Gasteiger partial charge in [0.05, 0.1) is 6.54 Å². The van der Waals surface area contributed by atoms with E-state index in [4.69, 9.17) is 14.0 Å². The van der Waals surface area contributed by atoms with Crippen molar-refractivity contribution in [3.05, 3.63) is 54.7 Å². The van der Waals surface area contributed by atoms with E-state index in [1.807, 2.05) is 36.4 Å². The second kappa shape index (κ2) is 8.72. The Hall–Kier alpha value is -3.42. The zero-order valence-electron chi connectivity index (χ0n) is 16.2. The smallest absolute Gasteiger partial charge is 0.226 e. The Bertz CT molecular complexity index is 960. The summed E-state index contributed by atoms with van der Waals surface area (Å²) in [5.74, 6) is 2.51. The molecule has 0 aliphatic carbocycles. The van der Waals surface area contributed by atoms with Gasteiger partial charge in [0.1, 0.15) is 6.61 Å². The summed E-state index contributed by atoms with van der Waals surface area (Å²) in [4.78, 5) is 22.5. The third kappa shape index (κ3) is 4.71. The van der Waals surface area contributed by atoms with Gasteiger partial charge in [-0.25, -0.2) is 0 Å². The molecule has 8 nitrogen and oxygen atoms in total. The van der Waals surface area contributed by atoms with Crippen LogP contribution in [-0.2, 0) is 11.2 Å². The highest BCUT2D eigenvalue weighted by atomic mass is 16.6. The van der Waals surface area contributed by atoms with Crippen LogP contribution in [0.1, 0.15) is 18.7 Å². The molecule has 2 aromatic heterocycles. The molecule has 1 aliphatic heterocycles. The SMILES string of the molecule is CN(C[C@@H]1COc2ccccc2O1)C(=O)CCCc1nc(-c2cccnc2)no1. The first-order valence-electron chi connectivity index (χ1n) is 9.54. The lowest BCUT2D eigenvalue weighted by Crippen LogP contribution is -2.41. The Kier molecular flexibility index (Phi) is 5.69. The molecule has 1 aromatic carbocycles. The standard InChI is InChI=1S/C21H22N4O4/c1-25(13-16-14-27-17-7-2-3-8-18(17)28-16)20(26)10-4-9-19-23-21(24-29-19)15-6-5-11-22-12-15/h2-3,5-8,11-12,16H,4,9-10,13-14H2,1H3/t16-/m1/s1. The molecule has 8 heteroatoms. The van der Waals surface area contributed by atoms with Crippen molar-refractivity contribution in [2.24, 2.45) is 0 Å². The second-order valence-corrected chi connectivity index (χ2v) is 6.88. The number of nitrogens with zero attached hydrogens (tertiary/aromatic N) is 4. The van der Waals surface area contributed by atoms with Crippen molar-refractivity contribution >= 4 is 5.91 Å². The number of hydrogen-bond donors (Lipinski definition) is 0. The van der Waals surface area contributed by atoms with Gasteiger partial charge < -0.3 is 18.9 Å². The fraction of sp³-hybridized carbons (Fsp3) is 0.333. The van der Waals surface area contributed by atoms with Gasteiger partial charge in [0, 0.05) is 37.8 Å². The van der Waals surface area contributed by atoms with E-state index in [0.717, 1.165) is 11.3 Å². The molecule has 0 unspecified atom stereocenters. The number of pyridine rings is 1. The number of aryl methyl sites for hydroxylation is 1. The van der Waals surface area contributed by atoms with Crippen LogP contribution in [0.5, 0.6) is 11.5 Å². The van der Waals surface area contributed by atoms with Crippen LogP contribution >= 0.6 is 0 Å². The highest BCUT2D eigenvalue weighted by molar-refractivity contribution is 5.75. The first-order chi connectivity index (χ1) is 14.2. The Morgan fingerprint density at radius 1 is 1.21 bits per heavy atom. The molecule has 0 N–H and O–H groups in total. The Morgan fingerprint density at radius 2 is 2.07 bits per heavy atom. The monoisotopic (exact) mass is 394 g/mol. The maximum absolute atomic E-state index is 12.4. The maximum atomic E-state index is 12.4. The van der Waals surface area contributed by atoms with Gasteiger partial charge in [-0.3, -0.25) is 9.78 Å². The Balaban J connectivity index is 1.22. The molecule has 150 valence electrons. The van der Waals surface area contributed by atoms with Gasteiger partial charge in [-0.15, -0.1) is 0 Å². The molecule has 4 rings (SSSR count). The molecule has 0 spiro atoms. The van der Waals surface area contributed by atoms with E-state index in [0.29, 0.717) is 49.9 Å². The lowest BCUT2D eigenvalue weighted by atomic mass is 10.2. The largest absolute Gasteiger partial charge is 0.486 e. The van der Waals surface area contributed by atoms with Crippen LogP contribution in [0.3, 0.4) is 0 Å². The number of rotatable bonds is 7. The minimum Gasteiger partial charge on any atom is -0.486 e. The second-order valence-electron chi connectivity index (χ2n) is 6.88. The van der Waals surface area contributed by atoms with Gasteiger partial charge in [0.2, 0.25) is 17.6 Å². The number of ether oxygens (including phenoxy) is 2. The number of amides is 1. The highest BCUT2D eigenvalue weighted by Crippen LogP contribution is 2.31. The predicted octanol–water partition coefficient (Wildman–Crippen LogP) is 2.75. The number of likely N-dealkylation sites (N-methyl/N-ethyl adjacent to an activating group) is 1. The van der Waals surface area contributed by atoms with E-state index < -0.39 is 0 Å². The van der Waals surface area contributed by atoms with Crippen LogP contribution in [0.15, 0.2) is 53.3 Å². The van der Waals surface area contributed by atoms with Crippen molar-refractivity contribution in [1.29, 1.82) is 0 Å². The van der Waals surface area contributed by atoms with Crippen LogP contribution in [0, 0.1) is 0 Å². The summed E-state index contributed by atoms with van der Waals surface area (Å²) in [5.41, 5.74) is 0.801. The fourth-order valence-electron chi connectivity index (χ4n) is 3.11. The Morgan fingerprint density at radius 3 is 2.90 bits per heavy atom.